The van der Waals surface area contributed by atoms with Crippen LogP contribution >= 0.6 is 39.1 Å². The topological polar surface area (TPSA) is 47.9 Å². The van der Waals surface area contributed by atoms with Gasteiger partial charge in [0, 0.05) is 28.5 Å². The molecule has 0 spiro atoms. The molecule has 1 saturated heterocycles. The standard InChI is InChI=1S/C23H25BrCl2N4O/c1-2-18-21(23(31)28-29-12-4-3-5-13-29)27-30(20-11-10-17(25)14-19(20)26)22(18)15-6-8-16(24)9-7-15/h6-11,14,18,22H,2-5,12-13H2,1H3,(H,28,31)/t18-,22-/m1/s1. The van der Waals surface area contributed by atoms with E-state index in [1.807, 2.05) is 28.2 Å². The van der Waals surface area contributed by atoms with E-state index in [1.54, 1.807) is 12.1 Å². The molecule has 1 fully saturated rings. The van der Waals surface area contributed by atoms with Crippen LogP contribution in [0.2, 0.25) is 10.0 Å². The highest BCUT2D eigenvalue weighted by atomic mass is 79.9. The number of benzene rings is 2. The number of amides is 1. The highest BCUT2D eigenvalue weighted by Gasteiger charge is 2.42. The lowest BCUT2D eigenvalue weighted by Crippen LogP contribution is -2.48. The number of carbonyl (C=O) groups is 1. The van der Waals surface area contributed by atoms with E-state index in [0.717, 1.165) is 48.1 Å². The molecule has 1 amide bonds. The molecule has 0 unspecified atom stereocenters. The average molecular weight is 524 g/mol. The Balaban J connectivity index is 1.71. The molecule has 0 aromatic heterocycles. The van der Waals surface area contributed by atoms with Gasteiger partial charge in [0.25, 0.3) is 5.91 Å². The van der Waals surface area contributed by atoms with E-state index in [0.29, 0.717) is 15.8 Å². The summed E-state index contributed by atoms with van der Waals surface area (Å²) < 4.78 is 1.00. The first-order valence-electron chi connectivity index (χ1n) is 10.6. The number of hydrazone groups is 1. The maximum atomic E-state index is 13.3. The van der Waals surface area contributed by atoms with Crippen molar-refractivity contribution in [3.05, 3.63) is 62.5 Å². The normalized spacial score (nSPS) is 21.8. The molecule has 1 N–H and O–H groups in total. The first-order chi connectivity index (χ1) is 15.0. The van der Waals surface area contributed by atoms with Gasteiger partial charge in [0.1, 0.15) is 5.71 Å². The van der Waals surface area contributed by atoms with Crippen molar-refractivity contribution in [3.63, 3.8) is 0 Å². The van der Waals surface area contributed by atoms with Crippen LogP contribution < -0.4 is 10.4 Å². The highest BCUT2D eigenvalue weighted by molar-refractivity contribution is 9.10. The number of hydrazine groups is 1. The molecule has 31 heavy (non-hydrogen) atoms. The van der Waals surface area contributed by atoms with Crippen molar-refractivity contribution < 1.29 is 4.79 Å². The van der Waals surface area contributed by atoms with Gasteiger partial charge in [-0.15, -0.1) is 0 Å². The monoisotopic (exact) mass is 522 g/mol. The average Bonchev–Trinajstić information content (AvgIpc) is 3.14. The molecule has 2 aromatic rings. The van der Waals surface area contributed by atoms with E-state index in [1.165, 1.54) is 6.42 Å². The molecule has 5 nitrogen and oxygen atoms in total. The predicted octanol–water partition coefficient (Wildman–Crippen LogP) is 6.22. The summed E-state index contributed by atoms with van der Waals surface area (Å²) in [5.74, 6) is -0.207. The Morgan fingerprint density at radius 1 is 1.13 bits per heavy atom. The molecule has 2 aliphatic heterocycles. The first-order valence-corrected chi connectivity index (χ1v) is 12.2. The molecule has 0 radical (unpaired) electrons. The zero-order valence-electron chi connectivity index (χ0n) is 17.3. The van der Waals surface area contributed by atoms with Gasteiger partial charge in [0.15, 0.2) is 0 Å². The minimum atomic E-state index is -0.140. The van der Waals surface area contributed by atoms with Gasteiger partial charge < -0.3 is 0 Å². The van der Waals surface area contributed by atoms with E-state index in [2.05, 4.69) is 40.4 Å². The summed E-state index contributed by atoms with van der Waals surface area (Å²) in [6.07, 6.45) is 4.17. The third-order valence-electron chi connectivity index (χ3n) is 5.87. The number of hydrogen-bond donors (Lipinski definition) is 1. The summed E-state index contributed by atoms with van der Waals surface area (Å²) in [5.41, 5.74) is 5.42. The van der Waals surface area contributed by atoms with Crippen molar-refractivity contribution in [1.29, 1.82) is 0 Å². The molecule has 0 saturated carbocycles. The number of halogens is 3. The third kappa shape index (κ3) is 4.92. The van der Waals surface area contributed by atoms with Gasteiger partial charge in [-0.2, -0.15) is 5.10 Å². The molecule has 4 rings (SSSR count). The largest absolute Gasteiger partial charge is 0.284 e. The van der Waals surface area contributed by atoms with Crippen molar-refractivity contribution in [2.45, 2.75) is 38.6 Å². The summed E-state index contributed by atoms with van der Waals surface area (Å²) >= 11 is 16.2. The fourth-order valence-electron chi connectivity index (χ4n) is 4.31. The molecule has 2 heterocycles. The third-order valence-corrected chi connectivity index (χ3v) is 6.93. The van der Waals surface area contributed by atoms with E-state index in [4.69, 9.17) is 28.3 Å². The number of anilines is 1. The summed E-state index contributed by atoms with van der Waals surface area (Å²) in [4.78, 5) is 13.3. The van der Waals surface area contributed by atoms with Crippen LogP contribution in [-0.2, 0) is 4.79 Å². The zero-order valence-corrected chi connectivity index (χ0v) is 20.4. The summed E-state index contributed by atoms with van der Waals surface area (Å²) in [5, 5.41) is 9.77. The Hall–Kier alpha value is -1.60. The second-order valence-corrected chi connectivity index (χ2v) is 9.68. The van der Waals surface area contributed by atoms with Gasteiger partial charge in [-0.25, -0.2) is 5.01 Å². The van der Waals surface area contributed by atoms with E-state index in [9.17, 15) is 4.79 Å². The van der Waals surface area contributed by atoms with Crippen molar-refractivity contribution in [3.8, 4) is 0 Å². The Morgan fingerprint density at radius 2 is 1.84 bits per heavy atom. The number of rotatable bonds is 5. The Morgan fingerprint density at radius 3 is 2.48 bits per heavy atom. The van der Waals surface area contributed by atoms with Crippen molar-refractivity contribution in [1.82, 2.24) is 10.4 Å². The molecule has 2 aliphatic rings. The van der Waals surface area contributed by atoms with Crippen molar-refractivity contribution >= 4 is 56.4 Å². The van der Waals surface area contributed by atoms with Gasteiger partial charge in [0.05, 0.1) is 16.8 Å². The predicted molar refractivity (Wildman–Crippen MR) is 131 cm³/mol. The van der Waals surface area contributed by atoms with Crippen LogP contribution in [0.25, 0.3) is 0 Å². The number of piperidine rings is 1. The first kappa shape index (κ1) is 22.6. The van der Waals surface area contributed by atoms with Gasteiger partial charge >= 0.3 is 0 Å². The number of hydrogen-bond acceptors (Lipinski definition) is 4. The summed E-state index contributed by atoms with van der Waals surface area (Å²) in [6.45, 7) is 3.84. The van der Waals surface area contributed by atoms with Crippen LogP contribution in [-0.4, -0.2) is 29.7 Å². The Labute approximate surface area is 201 Å². The number of nitrogens with zero attached hydrogens (tertiary/aromatic N) is 3. The van der Waals surface area contributed by atoms with Crippen LogP contribution in [0, 0.1) is 5.92 Å². The second-order valence-electron chi connectivity index (χ2n) is 7.93. The maximum Gasteiger partial charge on any atom is 0.282 e. The Bertz CT molecular complexity index is 976. The van der Waals surface area contributed by atoms with Crippen LogP contribution in [0.5, 0.6) is 0 Å². The lowest BCUT2D eigenvalue weighted by molar-refractivity contribution is -0.120. The van der Waals surface area contributed by atoms with Gasteiger partial charge in [-0.1, -0.05) is 64.6 Å². The lowest BCUT2D eigenvalue weighted by Gasteiger charge is -2.29. The fraction of sp³-hybridized carbons (Fsp3) is 0.391. The highest BCUT2D eigenvalue weighted by Crippen LogP contribution is 2.43. The number of carbonyl (C=O) groups excluding carboxylic acids is 1. The quantitative estimate of drug-likeness (QED) is 0.506. The maximum absolute atomic E-state index is 13.3. The molecule has 164 valence electrons. The minimum absolute atomic E-state index is 0.0716. The second kappa shape index (κ2) is 9.90. The molecule has 2 aromatic carbocycles. The zero-order chi connectivity index (χ0) is 22.0. The molecular weight excluding hydrogens is 499 g/mol. The number of nitrogens with one attached hydrogen (secondary N) is 1. The Kier molecular flexibility index (Phi) is 7.22. The van der Waals surface area contributed by atoms with E-state index in [-0.39, 0.29) is 17.9 Å². The summed E-state index contributed by atoms with van der Waals surface area (Å²) in [7, 11) is 0. The smallest absolute Gasteiger partial charge is 0.282 e. The minimum Gasteiger partial charge on any atom is -0.284 e. The fourth-order valence-corrected chi connectivity index (χ4v) is 5.07. The lowest BCUT2D eigenvalue weighted by atomic mass is 9.87. The molecular formula is C23H25BrCl2N4O. The van der Waals surface area contributed by atoms with Crippen molar-refractivity contribution in [2.75, 3.05) is 18.1 Å². The van der Waals surface area contributed by atoms with E-state index >= 15 is 0 Å². The SMILES string of the molecule is CC[C@@H]1C(C(=O)NN2CCCCC2)=NN(c2ccc(Cl)cc2Cl)[C@@H]1c1ccc(Br)cc1. The van der Waals surface area contributed by atoms with Gasteiger partial charge in [-0.3, -0.25) is 15.2 Å². The molecule has 2 atom stereocenters. The van der Waals surface area contributed by atoms with Crippen LogP contribution in [0.4, 0.5) is 5.69 Å². The van der Waals surface area contributed by atoms with Crippen molar-refractivity contribution in [2.24, 2.45) is 11.0 Å². The summed E-state index contributed by atoms with van der Waals surface area (Å²) in [6, 6.07) is 13.4. The van der Waals surface area contributed by atoms with E-state index < -0.39 is 0 Å². The molecule has 0 bridgehead atoms. The molecule has 0 aliphatic carbocycles. The van der Waals surface area contributed by atoms with Crippen LogP contribution in [0.1, 0.15) is 44.2 Å². The van der Waals surface area contributed by atoms with Crippen LogP contribution in [0.15, 0.2) is 52.0 Å². The van der Waals surface area contributed by atoms with Gasteiger partial charge in [-0.05, 0) is 55.2 Å². The molecule has 8 heteroatoms. The van der Waals surface area contributed by atoms with Gasteiger partial charge in [0.2, 0.25) is 0 Å². The van der Waals surface area contributed by atoms with Crippen LogP contribution in [0.3, 0.4) is 0 Å².